The fourth-order valence-corrected chi connectivity index (χ4v) is 3.72. The van der Waals surface area contributed by atoms with Gasteiger partial charge in [-0.2, -0.15) is 13.2 Å². The van der Waals surface area contributed by atoms with Gasteiger partial charge in [0.2, 0.25) is 0 Å². The summed E-state index contributed by atoms with van der Waals surface area (Å²) in [6.07, 6.45) is -1.93. The number of fused-ring (bicyclic) bond motifs is 2. The zero-order chi connectivity index (χ0) is 16.6. The summed E-state index contributed by atoms with van der Waals surface area (Å²) in [5.74, 6) is -2.14. The number of halogens is 4. The number of amides is 1. The number of hydrogen-bond acceptors (Lipinski definition) is 2. The highest BCUT2D eigenvalue weighted by Gasteiger charge is 2.44. The quantitative estimate of drug-likeness (QED) is 0.864. The number of nitrogens with zero attached hydrogens (tertiary/aromatic N) is 1. The molecular formula is C16H18F4N2O. The van der Waals surface area contributed by atoms with Crippen molar-refractivity contribution in [2.75, 3.05) is 0 Å². The summed E-state index contributed by atoms with van der Waals surface area (Å²) in [5.41, 5.74) is 0.987. The molecule has 3 rings (SSSR count). The van der Waals surface area contributed by atoms with E-state index in [9.17, 15) is 22.4 Å². The van der Waals surface area contributed by atoms with Crippen molar-refractivity contribution in [3.05, 3.63) is 35.6 Å². The minimum Gasteiger partial charge on any atom is -0.345 e. The molecule has 0 spiro atoms. The van der Waals surface area contributed by atoms with Gasteiger partial charge in [0.05, 0.1) is 0 Å². The average molecular weight is 330 g/mol. The van der Waals surface area contributed by atoms with Gasteiger partial charge in [-0.3, -0.25) is 9.69 Å². The molecule has 2 aliphatic rings. The summed E-state index contributed by atoms with van der Waals surface area (Å²) >= 11 is 0. The van der Waals surface area contributed by atoms with E-state index in [2.05, 4.69) is 10.2 Å². The maximum Gasteiger partial charge on any atom is 0.471 e. The van der Waals surface area contributed by atoms with Crippen molar-refractivity contribution < 1.29 is 22.4 Å². The van der Waals surface area contributed by atoms with Crippen molar-refractivity contribution in [1.82, 2.24) is 10.2 Å². The SMILES string of the molecule is O=C(NC1CC2CCC(C1)N2Cc1ccc(F)cc1)C(F)(F)F. The monoisotopic (exact) mass is 330 g/mol. The van der Waals surface area contributed by atoms with Gasteiger partial charge in [0, 0.05) is 24.7 Å². The Labute approximate surface area is 131 Å². The molecule has 3 nitrogen and oxygen atoms in total. The van der Waals surface area contributed by atoms with E-state index in [1.54, 1.807) is 12.1 Å². The lowest BCUT2D eigenvalue weighted by Crippen LogP contribution is -2.52. The van der Waals surface area contributed by atoms with Crippen molar-refractivity contribution in [1.29, 1.82) is 0 Å². The Kier molecular flexibility index (Phi) is 4.31. The first kappa shape index (κ1) is 16.2. The Balaban J connectivity index is 1.61. The summed E-state index contributed by atoms with van der Waals surface area (Å²) in [5, 5.41) is 2.11. The maximum atomic E-state index is 13.0. The first-order valence-corrected chi connectivity index (χ1v) is 7.71. The average Bonchev–Trinajstić information content (AvgIpc) is 2.70. The zero-order valence-corrected chi connectivity index (χ0v) is 12.4. The van der Waals surface area contributed by atoms with Gasteiger partial charge in [-0.15, -0.1) is 0 Å². The molecule has 2 saturated heterocycles. The second-order valence-corrected chi connectivity index (χ2v) is 6.32. The molecule has 1 aromatic rings. The Morgan fingerprint density at radius 1 is 1.13 bits per heavy atom. The highest BCUT2D eigenvalue weighted by molar-refractivity contribution is 5.81. The largest absolute Gasteiger partial charge is 0.471 e. The van der Waals surface area contributed by atoms with Gasteiger partial charge in [0.15, 0.2) is 0 Å². The number of carbonyl (C=O) groups excluding carboxylic acids is 1. The minimum atomic E-state index is -4.83. The van der Waals surface area contributed by atoms with E-state index in [-0.39, 0.29) is 17.9 Å². The van der Waals surface area contributed by atoms with Gasteiger partial charge in [-0.05, 0) is 43.4 Å². The number of hydrogen-bond donors (Lipinski definition) is 1. The lowest BCUT2D eigenvalue weighted by atomic mass is 9.96. The van der Waals surface area contributed by atoms with Crippen molar-refractivity contribution in [3.63, 3.8) is 0 Å². The third-order valence-corrected chi connectivity index (χ3v) is 4.76. The van der Waals surface area contributed by atoms with E-state index in [0.717, 1.165) is 18.4 Å². The summed E-state index contributed by atoms with van der Waals surface area (Å²) in [6, 6.07) is 6.18. The molecule has 1 amide bonds. The van der Waals surface area contributed by atoms with Crippen molar-refractivity contribution in [2.45, 2.75) is 56.5 Å². The van der Waals surface area contributed by atoms with Crippen LogP contribution in [0.2, 0.25) is 0 Å². The van der Waals surface area contributed by atoms with Gasteiger partial charge in [-0.25, -0.2) is 4.39 Å². The van der Waals surface area contributed by atoms with E-state index >= 15 is 0 Å². The predicted octanol–water partition coefficient (Wildman–Crippen LogP) is 3.00. The van der Waals surface area contributed by atoms with Crippen LogP contribution in [0.4, 0.5) is 17.6 Å². The molecular weight excluding hydrogens is 312 g/mol. The van der Waals surface area contributed by atoms with Crippen molar-refractivity contribution in [3.8, 4) is 0 Å². The number of alkyl halides is 3. The lowest BCUT2D eigenvalue weighted by molar-refractivity contribution is -0.174. The molecule has 23 heavy (non-hydrogen) atoms. The molecule has 0 radical (unpaired) electrons. The van der Waals surface area contributed by atoms with Crippen molar-refractivity contribution >= 4 is 5.91 Å². The number of carbonyl (C=O) groups is 1. The standard InChI is InChI=1S/C16H18F4N2O/c17-11-3-1-10(2-4-11)9-22-13-5-6-14(22)8-12(7-13)21-15(23)16(18,19)20/h1-4,12-14H,5-9H2,(H,21,23). The van der Waals surface area contributed by atoms with Gasteiger partial charge >= 0.3 is 12.1 Å². The Morgan fingerprint density at radius 2 is 1.70 bits per heavy atom. The first-order chi connectivity index (χ1) is 10.8. The molecule has 2 fully saturated rings. The number of rotatable bonds is 3. The van der Waals surface area contributed by atoms with Crippen LogP contribution in [0.5, 0.6) is 0 Å². The molecule has 1 aromatic carbocycles. The zero-order valence-electron chi connectivity index (χ0n) is 12.4. The Morgan fingerprint density at radius 3 is 2.22 bits per heavy atom. The molecule has 2 aliphatic heterocycles. The van der Waals surface area contributed by atoms with Crippen LogP contribution in [0.1, 0.15) is 31.2 Å². The summed E-state index contributed by atoms with van der Waals surface area (Å²) in [6.45, 7) is 0.662. The Bertz CT molecular complexity index is 558. The van der Waals surface area contributed by atoms with Crippen LogP contribution in [0, 0.1) is 5.82 Å². The molecule has 2 heterocycles. The Hall–Kier alpha value is -1.63. The molecule has 126 valence electrons. The highest BCUT2D eigenvalue weighted by atomic mass is 19.4. The minimum absolute atomic E-state index is 0.164. The van der Waals surface area contributed by atoms with Gasteiger partial charge < -0.3 is 5.32 Å². The van der Waals surface area contributed by atoms with E-state index in [4.69, 9.17) is 0 Å². The normalized spacial score (nSPS) is 27.9. The molecule has 2 atom stereocenters. The topological polar surface area (TPSA) is 32.3 Å². The highest BCUT2D eigenvalue weighted by Crippen LogP contribution is 2.37. The van der Waals surface area contributed by atoms with Gasteiger partial charge in [-0.1, -0.05) is 12.1 Å². The predicted molar refractivity (Wildman–Crippen MR) is 76.0 cm³/mol. The number of piperidine rings is 1. The van der Waals surface area contributed by atoms with Gasteiger partial charge in [0.25, 0.3) is 0 Å². The van der Waals surface area contributed by atoms with Crippen LogP contribution in [0.25, 0.3) is 0 Å². The third kappa shape index (κ3) is 3.65. The van der Waals surface area contributed by atoms with E-state index in [1.165, 1.54) is 12.1 Å². The fraction of sp³-hybridized carbons (Fsp3) is 0.562. The van der Waals surface area contributed by atoms with Crippen LogP contribution < -0.4 is 5.32 Å². The van der Waals surface area contributed by atoms with E-state index < -0.39 is 18.1 Å². The molecule has 7 heteroatoms. The number of benzene rings is 1. The fourth-order valence-electron chi connectivity index (χ4n) is 3.72. The molecule has 2 bridgehead atoms. The smallest absolute Gasteiger partial charge is 0.345 e. The maximum absolute atomic E-state index is 13.0. The lowest BCUT2D eigenvalue weighted by Gasteiger charge is -2.39. The summed E-state index contributed by atoms with van der Waals surface area (Å²) in [7, 11) is 0. The van der Waals surface area contributed by atoms with Crippen LogP contribution >= 0.6 is 0 Å². The number of nitrogens with one attached hydrogen (secondary N) is 1. The third-order valence-electron chi connectivity index (χ3n) is 4.76. The molecule has 0 saturated carbocycles. The first-order valence-electron chi connectivity index (χ1n) is 7.71. The second kappa shape index (κ2) is 6.11. The second-order valence-electron chi connectivity index (χ2n) is 6.32. The molecule has 2 unspecified atom stereocenters. The van der Waals surface area contributed by atoms with Crippen LogP contribution in [-0.2, 0) is 11.3 Å². The molecule has 0 aromatic heterocycles. The van der Waals surface area contributed by atoms with Crippen LogP contribution in [0.15, 0.2) is 24.3 Å². The van der Waals surface area contributed by atoms with Crippen LogP contribution in [-0.4, -0.2) is 35.1 Å². The van der Waals surface area contributed by atoms with E-state index in [1.807, 2.05) is 0 Å². The van der Waals surface area contributed by atoms with E-state index in [0.29, 0.717) is 19.4 Å². The summed E-state index contributed by atoms with van der Waals surface area (Å²) < 4.78 is 50.0. The van der Waals surface area contributed by atoms with Crippen LogP contribution in [0.3, 0.4) is 0 Å². The van der Waals surface area contributed by atoms with Gasteiger partial charge in [0.1, 0.15) is 5.82 Å². The molecule has 1 N–H and O–H groups in total. The molecule has 0 aliphatic carbocycles. The van der Waals surface area contributed by atoms with Crippen molar-refractivity contribution in [2.24, 2.45) is 0 Å². The summed E-state index contributed by atoms with van der Waals surface area (Å²) in [4.78, 5) is 13.4.